The number of nitrogens with zero attached hydrogens (tertiary/aromatic N) is 1. The van der Waals surface area contributed by atoms with Crippen LogP contribution in [0.3, 0.4) is 0 Å². The first-order valence-corrected chi connectivity index (χ1v) is 11.2. The summed E-state index contributed by atoms with van der Waals surface area (Å²) in [5.74, 6) is 0.610. The third-order valence-corrected chi connectivity index (χ3v) is 6.74. The first kappa shape index (κ1) is 20.9. The van der Waals surface area contributed by atoms with Gasteiger partial charge in [-0.25, -0.2) is 4.79 Å². The summed E-state index contributed by atoms with van der Waals surface area (Å²) in [6.07, 6.45) is 7.56. The molecule has 0 bridgehead atoms. The largest absolute Gasteiger partial charge is 0.484 e. The highest BCUT2D eigenvalue weighted by molar-refractivity contribution is 5.82. The Hall–Kier alpha value is -2.34. The Morgan fingerprint density at radius 3 is 3.00 bits per heavy atom. The quantitative estimate of drug-likeness (QED) is 0.731. The van der Waals surface area contributed by atoms with Gasteiger partial charge in [0.2, 0.25) is 0 Å². The zero-order chi connectivity index (χ0) is 21.1. The fraction of sp³-hybridized carbons (Fsp3) is 0.583. The maximum absolute atomic E-state index is 12.7. The summed E-state index contributed by atoms with van der Waals surface area (Å²) in [7, 11) is 0. The standard InChI is InChI=1S/C24H31NO5/c1-2-3-6-17-13-23(27)30-21-14-19(8-9-20(17)21)29-16-22(26)25-12-11-24(28)10-5-4-7-18(24)15-25/h8-9,13-14,18,28H,2-7,10-12,15-16H2,1H3. The number of ether oxygens (including phenoxy) is 1. The van der Waals surface area contributed by atoms with Crippen LogP contribution in [0, 0.1) is 5.92 Å². The molecule has 4 rings (SSSR count). The number of likely N-dealkylation sites (tertiary alicyclic amines) is 1. The molecule has 6 nitrogen and oxygen atoms in total. The second-order valence-corrected chi connectivity index (χ2v) is 8.78. The molecule has 2 unspecified atom stereocenters. The number of unbranched alkanes of at least 4 members (excludes halogenated alkanes) is 1. The summed E-state index contributed by atoms with van der Waals surface area (Å²) in [5.41, 5.74) is 0.513. The second-order valence-electron chi connectivity index (χ2n) is 8.78. The molecule has 2 heterocycles. The summed E-state index contributed by atoms with van der Waals surface area (Å²) >= 11 is 0. The first-order valence-electron chi connectivity index (χ1n) is 11.2. The van der Waals surface area contributed by atoms with Gasteiger partial charge >= 0.3 is 5.63 Å². The van der Waals surface area contributed by atoms with Crippen LogP contribution >= 0.6 is 0 Å². The van der Waals surface area contributed by atoms with Gasteiger partial charge in [0.15, 0.2) is 6.61 Å². The van der Waals surface area contributed by atoms with Crippen LogP contribution in [-0.2, 0) is 11.2 Å². The highest BCUT2D eigenvalue weighted by atomic mass is 16.5. The van der Waals surface area contributed by atoms with Gasteiger partial charge in [0.05, 0.1) is 5.60 Å². The number of benzene rings is 1. The van der Waals surface area contributed by atoms with E-state index in [1.54, 1.807) is 12.1 Å². The number of carbonyl (C=O) groups is 1. The van der Waals surface area contributed by atoms with Crippen LogP contribution in [-0.4, -0.2) is 41.2 Å². The molecule has 2 fully saturated rings. The predicted octanol–water partition coefficient (Wildman–Crippen LogP) is 3.67. The Morgan fingerprint density at radius 2 is 2.17 bits per heavy atom. The number of carbonyl (C=O) groups excluding carboxylic acids is 1. The number of fused-ring (bicyclic) bond motifs is 2. The third-order valence-electron chi connectivity index (χ3n) is 6.74. The van der Waals surface area contributed by atoms with E-state index in [1.165, 1.54) is 0 Å². The monoisotopic (exact) mass is 413 g/mol. The van der Waals surface area contributed by atoms with Crippen LogP contribution in [0.2, 0.25) is 0 Å². The van der Waals surface area contributed by atoms with Crippen molar-refractivity contribution in [2.75, 3.05) is 19.7 Å². The van der Waals surface area contributed by atoms with E-state index < -0.39 is 5.60 Å². The van der Waals surface area contributed by atoms with Gasteiger partial charge in [0, 0.05) is 36.5 Å². The van der Waals surface area contributed by atoms with Gasteiger partial charge < -0.3 is 19.2 Å². The number of amides is 1. The van der Waals surface area contributed by atoms with E-state index in [0.717, 1.165) is 55.9 Å². The fourth-order valence-corrected chi connectivity index (χ4v) is 4.91. The summed E-state index contributed by atoms with van der Waals surface area (Å²) in [6.45, 7) is 3.23. The lowest BCUT2D eigenvalue weighted by Crippen LogP contribution is -2.55. The van der Waals surface area contributed by atoms with Gasteiger partial charge in [-0.2, -0.15) is 0 Å². The van der Waals surface area contributed by atoms with Gasteiger partial charge in [-0.3, -0.25) is 4.79 Å². The van der Waals surface area contributed by atoms with Crippen molar-refractivity contribution in [2.24, 2.45) is 5.92 Å². The molecule has 0 radical (unpaired) electrons. The Morgan fingerprint density at radius 1 is 1.30 bits per heavy atom. The molecule has 1 aliphatic carbocycles. The van der Waals surface area contributed by atoms with E-state index in [0.29, 0.717) is 30.8 Å². The number of piperidine rings is 1. The molecule has 1 aromatic heterocycles. The number of hydrogen-bond acceptors (Lipinski definition) is 5. The van der Waals surface area contributed by atoms with Crippen LogP contribution in [0.15, 0.2) is 33.5 Å². The molecule has 162 valence electrons. The second kappa shape index (κ2) is 8.80. The average molecular weight is 414 g/mol. The molecule has 6 heteroatoms. The zero-order valence-electron chi connectivity index (χ0n) is 17.7. The molecule has 1 saturated carbocycles. The van der Waals surface area contributed by atoms with E-state index in [9.17, 15) is 14.7 Å². The van der Waals surface area contributed by atoms with Crippen LogP contribution in [0.4, 0.5) is 0 Å². The van der Waals surface area contributed by atoms with Crippen molar-refractivity contribution in [3.05, 3.63) is 40.2 Å². The molecule has 1 N–H and O–H groups in total. The highest BCUT2D eigenvalue weighted by Crippen LogP contribution is 2.39. The van der Waals surface area contributed by atoms with E-state index in [-0.39, 0.29) is 24.1 Å². The van der Waals surface area contributed by atoms with Crippen LogP contribution in [0.5, 0.6) is 5.75 Å². The fourth-order valence-electron chi connectivity index (χ4n) is 4.91. The van der Waals surface area contributed by atoms with Gasteiger partial charge in [0.1, 0.15) is 11.3 Å². The minimum Gasteiger partial charge on any atom is -0.484 e. The molecule has 1 saturated heterocycles. The molecule has 1 amide bonds. The van der Waals surface area contributed by atoms with Gasteiger partial charge in [0.25, 0.3) is 5.91 Å². The summed E-state index contributed by atoms with van der Waals surface area (Å²) in [5, 5.41) is 11.7. The van der Waals surface area contributed by atoms with Crippen LogP contribution < -0.4 is 10.4 Å². The van der Waals surface area contributed by atoms with Crippen molar-refractivity contribution in [1.29, 1.82) is 0 Å². The van der Waals surface area contributed by atoms with Crippen molar-refractivity contribution in [2.45, 2.75) is 63.9 Å². The molecule has 1 aliphatic heterocycles. The predicted molar refractivity (Wildman–Crippen MR) is 115 cm³/mol. The molecule has 2 aliphatic rings. The summed E-state index contributed by atoms with van der Waals surface area (Å²) in [6, 6.07) is 6.97. The number of hydrogen-bond donors (Lipinski definition) is 1. The van der Waals surface area contributed by atoms with Crippen molar-refractivity contribution in [1.82, 2.24) is 4.90 Å². The molecule has 0 spiro atoms. The summed E-state index contributed by atoms with van der Waals surface area (Å²) < 4.78 is 11.1. The lowest BCUT2D eigenvalue weighted by Gasteiger charge is -2.47. The number of aryl methyl sites for hydroxylation is 1. The SMILES string of the molecule is CCCCc1cc(=O)oc2cc(OCC(=O)N3CCC4(O)CCCCC4C3)ccc12. The minimum absolute atomic E-state index is 0.0591. The maximum Gasteiger partial charge on any atom is 0.336 e. The highest BCUT2D eigenvalue weighted by Gasteiger charge is 2.43. The minimum atomic E-state index is -0.596. The Bertz CT molecular complexity index is 968. The third kappa shape index (κ3) is 4.38. The smallest absolute Gasteiger partial charge is 0.336 e. The first-order chi connectivity index (χ1) is 14.5. The summed E-state index contributed by atoms with van der Waals surface area (Å²) in [4.78, 5) is 26.4. The van der Waals surface area contributed by atoms with Crippen molar-refractivity contribution in [3.8, 4) is 5.75 Å². The van der Waals surface area contributed by atoms with E-state index >= 15 is 0 Å². The molecular formula is C24H31NO5. The maximum atomic E-state index is 12.7. The van der Waals surface area contributed by atoms with Crippen LogP contribution in [0.25, 0.3) is 11.0 Å². The van der Waals surface area contributed by atoms with Crippen molar-refractivity contribution >= 4 is 16.9 Å². The van der Waals surface area contributed by atoms with Crippen molar-refractivity contribution < 1.29 is 19.1 Å². The topological polar surface area (TPSA) is 80.0 Å². The molecule has 1 aromatic carbocycles. The molecule has 30 heavy (non-hydrogen) atoms. The van der Waals surface area contributed by atoms with Crippen LogP contribution in [0.1, 0.15) is 57.4 Å². The zero-order valence-corrected chi connectivity index (χ0v) is 17.7. The Kier molecular flexibility index (Phi) is 6.14. The molecular weight excluding hydrogens is 382 g/mol. The normalized spacial score (nSPS) is 23.9. The van der Waals surface area contributed by atoms with E-state index in [1.807, 2.05) is 17.0 Å². The Balaban J connectivity index is 1.41. The Labute approximate surface area is 176 Å². The number of rotatable bonds is 6. The van der Waals surface area contributed by atoms with Gasteiger partial charge in [-0.15, -0.1) is 0 Å². The van der Waals surface area contributed by atoms with E-state index in [2.05, 4.69) is 6.92 Å². The van der Waals surface area contributed by atoms with E-state index in [4.69, 9.17) is 9.15 Å². The van der Waals surface area contributed by atoms with Crippen molar-refractivity contribution in [3.63, 3.8) is 0 Å². The lowest BCUT2D eigenvalue weighted by molar-refractivity contribution is -0.145. The van der Waals surface area contributed by atoms with Gasteiger partial charge in [-0.1, -0.05) is 26.2 Å². The number of aliphatic hydroxyl groups is 1. The average Bonchev–Trinajstić information content (AvgIpc) is 2.74. The van der Waals surface area contributed by atoms with Gasteiger partial charge in [-0.05, 0) is 49.8 Å². The lowest BCUT2D eigenvalue weighted by atomic mass is 9.71. The molecule has 2 aromatic rings. The molecule has 2 atom stereocenters.